The molecule has 0 fully saturated rings. The largest absolute Gasteiger partial charge is 0.449 e. The average molecular weight is 289 g/mol. The monoisotopic (exact) mass is 288 g/mol. The summed E-state index contributed by atoms with van der Waals surface area (Å²) < 4.78 is 15.5. The fraction of sp³-hybridized carbons (Fsp3) is 0.857. The van der Waals surface area contributed by atoms with Gasteiger partial charge in [0.2, 0.25) is 5.85 Å². The number of hydrogen-bond acceptors (Lipinski definition) is 3. The smallest absolute Gasteiger partial charge is 0.365 e. The maximum Gasteiger partial charge on any atom is 0.365 e. The first kappa shape index (κ1) is 14.1. The molecule has 14 heavy (non-hydrogen) atoms. The molecule has 0 aliphatic carbocycles. The van der Waals surface area contributed by atoms with Gasteiger partial charge in [-0.25, -0.2) is 0 Å². The number of alkyl halides is 1. The van der Waals surface area contributed by atoms with Crippen LogP contribution in [0.5, 0.6) is 0 Å². The highest BCUT2D eigenvalue weighted by Gasteiger charge is 2.32. The van der Waals surface area contributed by atoms with Gasteiger partial charge in [-0.15, -0.1) is 0 Å². The van der Waals surface area contributed by atoms with E-state index >= 15 is 0 Å². The second-order valence-electron chi connectivity index (χ2n) is 2.89. The van der Waals surface area contributed by atoms with Crippen molar-refractivity contribution in [2.24, 2.45) is 0 Å². The van der Waals surface area contributed by atoms with E-state index in [9.17, 15) is 9.36 Å². The van der Waals surface area contributed by atoms with Crippen LogP contribution in [0.25, 0.3) is 0 Å². The zero-order valence-electron chi connectivity index (χ0n) is 8.01. The van der Waals surface area contributed by atoms with Crippen LogP contribution >= 0.6 is 23.5 Å². The summed E-state index contributed by atoms with van der Waals surface area (Å²) >= 11 is 2.96. The van der Waals surface area contributed by atoms with Gasteiger partial charge in [0.1, 0.15) is 4.83 Å². The molecule has 84 valence electrons. The second kappa shape index (κ2) is 5.85. The van der Waals surface area contributed by atoms with Crippen molar-refractivity contribution in [3.05, 3.63) is 0 Å². The van der Waals surface area contributed by atoms with Gasteiger partial charge in [0.05, 0.1) is 0 Å². The van der Waals surface area contributed by atoms with Gasteiger partial charge in [-0.3, -0.25) is 9.36 Å². The van der Waals surface area contributed by atoms with Gasteiger partial charge < -0.3 is 14.5 Å². The topological polar surface area (TPSA) is 83.8 Å². The third-order valence-electron chi connectivity index (χ3n) is 1.49. The molecule has 0 aromatic rings. The van der Waals surface area contributed by atoms with Crippen molar-refractivity contribution in [2.45, 2.75) is 37.4 Å². The van der Waals surface area contributed by atoms with Crippen molar-refractivity contribution in [1.82, 2.24) is 0 Å². The van der Waals surface area contributed by atoms with Crippen LogP contribution in [-0.4, -0.2) is 26.4 Å². The average Bonchev–Trinajstić information content (AvgIpc) is 2.01. The van der Waals surface area contributed by atoms with E-state index < -0.39 is 24.2 Å². The van der Waals surface area contributed by atoms with Gasteiger partial charge in [0.25, 0.3) is 0 Å². The van der Waals surface area contributed by atoms with E-state index in [-0.39, 0.29) is 6.42 Å². The van der Waals surface area contributed by atoms with Crippen molar-refractivity contribution < 1.29 is 23.9 Å². The minimum absolute atomic E-state index is 0.162. The zero-order valence-corrected chi connectivity index (χ0v) is 10.5. The Morgan fingerprint density at radius 2 is 2.07 bits per heavy atom. The first-order valence-electron chi connectivity index (χ1n) is 4.18. The molecule has 0 aromatic carbocycles. The van der Waals surface area contributed by atoms with Crippen LogP contribution in [0.1, 0.15) is 26.7 Å². The molecule has 0 spiro atoms. The highest BCUT2D eigenvalue weighted by Crippen LogP contribution is 2.44. The van der Waals surface area contributed by atoms with Crippen molar-refractivity contribution in [3.8, 4) is 0 Å². The minimum Gasteiger partial charge on any atom is -0.449 e. The molecular weight excluding hydrogens is 275 g/mol. The first-order valence-corrected chi connectivity index (χ1v) is 6.78. The summed E-state index contributed by atoms with van der Waals surface area (Å²) in [4.78, 5) is 28.2. The number of carbonyl (C=O) groups excluding carboxylic acids is 1. The van der Waals surface area contributed by atoms with Gasteiger partial charge in [-0.05, 0) is 13.3 Å². The number of hydrogen-bond donors (Lipinski definition) is 2. The van der Waals surface area contributed by atoms with Crippen molar-refractivity contribution >= 4 is 29.5 Å². The maximum atomic E-state index is 11.1. The van der Waals surface area contributed by atoms with Crippen LogP contribution in [-0.2, 0) is 14.1 Å². The predicted molar refractivity (Wildman–Crippen MR) is 55.2 cm³/mol. The molecule has 7 heteroatoms. The summed E-state index contributed by atoms with van der Waals surface area (Å²) in [6.45, 7) is 3.29. The highest BCUT2D eigenvalue weighted by atomic mass is 79.9. The molecule has 2 N–H and O–H groups in total. The third-order valence-corrected chi connectivity index (χ3v) is 2.98. The first-order chi connectivity index (χ1) is 6.29. The third kappa shape index (κ3) is 5.10. The zero-order chi connectivity index (χ0) is 11.4. The van der Waals surface area contributed by atoms with Gasteiger partial charge in [-0.1, -0.05) is 29.3 Å². The number of esters is 1. The molecule has 0 heterocycles. The molecule has 0 aliphatic rings. The van der Waals surface area contributed by atoms with Gasteiger partial charge in [-0.2, -0.15) is 0 Å². The van der Waals surface area contributed by atoms with Crippen LogP contribution in [0.2, 0.25) is 0 Å². The fourth-order valence-electron chi connectivity index (χ4n) is 0.771. The molecule has 2 atom stereocenters. The summed E-state index contributed by atoms with van der Waals surface area (Å²) in [6, 6.07) is 0. The molecule has 0 saturated carbocycles. The quantitative estimate of drug-likeness (QED) is 0.456. The van der Waals surface area contributed by atoms with E-state index in [2.05, 4.69) is 20.7 Å². The van der Waals surface area contributed by atoms with Crippen molar-refractivity contribution in [1.29, 1.82) is 0 Å². The number of rotatable bonds is 5. The van der Waals surface area contributed by atoms with E-state index in [4.69, 9.17) is 9.79 Å². The maximum absolute atomic E-state index is 11.1. The van der Waals surface area contributed by atoms with Crippen molar-refractivity contribution in [3.63, 3.8) is 0 Å². The Kier molecular flexibility index (Phi) is 5.90. The lowest BCUT2D eigenvalue weighted by Crippen LogP contribution is -2.22. The summed E-state index contributed by atoms with van der Waals surface area (Å²) in [6.07, 6.45) is 0.704. The van der Waals surface area contributed by atoms with E-state index in [1.54, 1.807) is 6.92 Å². The lowest BCUT2D eigenvalue weighted by Gasteiger charge is -2.18. The predicted octanol–water partition coefficient (Wildman–Crippen LogP) is 1.62. The van der Waals surface area contributed by atoms with Crippen LogP contribution in [0, 0.1) is 0 Å². The SMILES string of the molecule is CCCC(OC(=O)C(C)Br)P(=O)(O)O. The molecule has 0 saturated heterocycles. The lowest BCUT2D eigenvalue weighted by molar-refractivity contribution is -0.145. The van der Waals surface area contributed by atoms with Crippen LogP contribution in [0.15, 0.2) is 0 Å². The van der Waals surface area contributed by atoms with Crippen LogP contribution in [0.3, 0.4) is 0 Å². The standard InChI is InChI=1S/C7H14BrO5P/c1-3-4-6(14(10,11)12)13-7(9)5(2)8/h5-6H,3-4H2,1-2H3,(H2,10,11,12). The summed E-state index contributed by atoms with van der Waals surface area (Å²) in [5.74, 6) is -1.98. The number of ether oxygens (including phenoxy) is 1. The van der Waals surface area contributed by atoms with E-state index in [0.717, 1.165) is 0 Å². The fourth-order valence-corrected chi connectivity index (χ4v) is 1.71. The molecule has 2 unspecified atom stereocenters. The van der Waals surface area contributed by atoms with E-state index in [1.165, 1.54) is 6.92 Å². The van der Waals surface area contributed by atoms with E-state index in [0.29, 0.717) is 6.42 Å². The molecule has 5 nitrogen and oxygen atoms in total. The van der Waals surface area contributed by atoms with Gasteiger partial charge in [0.15, 0.2) is 0 Å². The number of carbonyl (C=O) groups is 1. The second-order valence-corrected chi connectivity index (χ2v) is 6.01. The summed E-state index contributed by atoms with van der Waals surface area (Å²) in [5, 5.41) is 0. The molecule has 0 bridgehead atoms. The van der Waals surface area contributed by atoms with E-state index in [1.807, 2.05) is 0 Å². The molecule has 0 radical (unpaired) electrons. The van der Waals surface area contributed by atoms with Gasteiger partial charge in [0, 0.05) is 0 Å². The highest BCUT2D eigenvalue weighted by molar-refractivity contribution is 9.10. The number of halogens is 1. The van der Waals surface area contributed by atoms with Crippen LogP contribution < -0.4 is 0 Å². The molecule has 0 aromatic heterocycles. The van der Waals surface area contributed by atoms with Crippen LogP contribution in [0.4, 0.5) is 0 Å². The Hall–Kier alpha value is 0.1000. The Bertz CT molecular complexity index is 236. The Morgan fingerprint density at radius 1 is 1.57 bits per heavy atom. The normalized spacial score (nSPS) is 16.1. The lowest BCUT2D eigenvalue weighted by atomic mass is 10.3. The Morgan fingerprint density at radius 3 is 2.36 bits per heavy atom. The van der Waals surface area contributed by atoms with Crippen molar-refractivity contribution in [2.75, 3.05) is 0 Å². The molecule has 0 aliphatic heterocycles. The van der Waals surface area contributed by atoms with Gasteiger partial charge >= 0.3 is 13.6 Å². The summed E-state index contributed by atoms with van der Waals surface area (Å²) in [7, 11) is -4.35. The Balaban J connectivity index is 4.39. The minimum atomic E-state index is -4.35. The Labute approximate surface area is 91.1 Å². The molecule has 0 amide bonds. The molecular formula is C7H14BrO5P. The summed E-state index contributed by atoms with van der Waals surface area (Å²) in [5.41, 5.74) is 0. The molecule has 0 rings (SSSR count).